The van der Waals surface area contributed by atoms with Crippen molar-refractivity contribution in [1.82, 2.24) is 14.8 Å². The summed E-state index contributed by atoms with van der Waals surface area (Å²) in [4.78, 5) is 14.5. The predicted molar refractivity (Wildman–Crippen MR) is 50.1 cm³/mol. The first kappa shape index (κ1) is 12.7. The summed E-state index contributed by atoms with van der Waals surface area (Å²) in [7, 11) is 0. The third kappa shape index (κ3) is 2.24. The van der Waals surface area contributed by atoms with Crippen molar-refractivity contribution in [3.8, 4) is 5.69 Å². The third-order valence-electron chi connectivity index (χ3n) is 1.92. The number of anilines is 1. The number of nitrogens with two attached hydrogens (primary N) is 1. The van der Waals surface area contributed by atoms with Crippen LogP contribution in [0.2, 0.25) is 0 Å². The maximum atomic E-state index is 10.6. The number of carboxylic acids is 1. The van der Waals surface area contributed by atoms with E-state index in [1.54, 1.807) is 18.3 Å². The molecule has 7 heteroatoms. The number of nitrogen functional groups attached to an aromatic ring is 1. The van der Waals surface area contributed by atoms with Crippen LogP contribution in [0.4, 0.5) is 5.82 Å². The van der Waals surface area contributed by atoms with Crippen LogP contribution in [0.5, 0.6) is 0 Å². The molecule has 0 saturated heterocycles. The van der Waals surface area contributed by atoms with Crippen LogP contribution in [-0.2, 0) is 0 Å². The van der Waals surface area contributed by atoms with Gasteiger partial charge in [0.25, 0.3) is 0 Å². The predicted octanol–water partition coefficient (Wildman–Crippen LogP) is -3.78. The average molecular weight is 226 g/mol. The second-order valence-electron chi connectivity index (χ2n) is 2.85. The van der Waals surface area contributed by atoms with Gasteiger partial charge in [0.2, 0.25) is 0 Å². The monoisotopic (exact) mass is 226 g/mol. The van der Waals surface area contributed by atoms with E-state index in [-0.39, 0.29) is 40.9 Å². The largest absolute Gasteiger partial charge is 1.00 e. The fraction of sp³-hybridized carbons (Fsp3) is 0. The topological polar surface area (TPSA) is 96.9 Å². The molecule has 2 aromatic heterocycles. The Hall–Kier alpha value is -1.37. The molecule has 0 amide bonds. The first-order valence-electron chi connectivity index (χ1n) is 4.15. The maximum absolute atomic E-state index is 10.6. The molecular formula is C9H7N4NaO2. The molecule has 0 saturated carbocycles. The Labute approximate surface area is 113 Å². The molecular weight excluding hydrogens is 219 g/mol. The Morgan fingerprint density at radius 3 is 2.69 bits per heavy atom. The smallest absolute Gasteiger partial charge is 0.545 e. The Bertz CT molecular complexity index is 497. The SMILES string of the molecule is Nc1c(C(=O)[O-])cnn1-c1cccnc1.[Na+]. The van der Waals surface area contributed by atoms with Crippen molar-refractivity contribution in [2.45, 2.75) is 0 Å². The number of nitrogens with zero attached hydrogens (tertiary/aromatic N) is 3. The van der Waals surface area contributed by atoms with Gasteiger partial charge in [-0.1, -0.05) is 0 Å². The van der Waals surface area contributed by atoms with Crippen molar-refractivity contribution >= 4 is 11.8 Å². The fourth-order valence-corrected chi connectivity index (χ4v) is 1.20. The fourth-order valence-electron chi connectivity index (χ4n) is 1.20. The molecule has 0 radical (unpaired) electrons. The number of hydrogen-bond acceptors (Lipinski definition) is 5. The summed E-state index contributed by atoms with van der Waals surface area (Å²) in [6, 6.07) is 3.42. The van der Waals surface area contributed by atoms with Gasteiger partial charge in [0.05, 0.1) is 29.6 Å². The van der Waals surface area contributed by atoms with Crippen molar-refractivity contribution in [2.24, 2.45) is 0 Å². The van der Waals surface area contributed by atoms with Gasteiger partial charge >= 0.3 is 29.6 Å². The molecule has 0 spiro atoms. The molecule has 0 aliphatic carbocycles. The second-order valence-corrected chi connectivity index (χ2v) is 2.85. The standard InChI is InChI=1S/C9H8N4O2.Na/c10-8-7(9(14)15)5-12-13(8)6-2-1-3-11-4-6;/h1-5H,10H2,(H,14,15);/q;+1/p-1. The average Bonchev–Trinajstić information content (AvgIpc) is 2.61. The van der Waals surface area contributed by atoms with E-state index in [1.807, 2.05) is 0 Å². The van der Waals surface area contributed by atoms with E-state index in [0.717, 1.165) is 6.20 Å². The summed E-state index contributed by atoms with van der Waals surface area (Å²) in [5.41, 5.74) is 6.06. The van der Waals surface area contributed by atoms with Crippen molar-refractivity contribution < 1.29 is 39.5 Å². The molecule has 0 aliphatic rings. The zero-order valence-electron chi connectivity index (χ0n) is 8.62. The third-order valence-corrected chi connectivity index (χ3v) is 1.92. The molecule has 2 heterocycles. The van der Waals surface area contributed by atoms with Crippen molar-refractivity contribution in [1.29, 1.82) is 0 Å². The van der Waals surface area contributed by atoms with Gasteiger partial charge in [-0.05, 0) is 12.1 Å². The van der Waals surface area contributed by atoms with E-state index in [4.69, 9.17) is 5.73 Å². The summed E-state index contributed by atoms with van der Waals surface area (Å²) in [5.74, 6) is -1.31. The van der Waals surface area contributed by atoms with Crippen molar-refractivity contribution in [2.75, 3.05) is 5.73 Å². The molecule has 0 unspecified atom stereocenters. The van der Waals surface area contributed by atoms with Crippen LogP contribution in [0.25, 0.3) is 5.69 Å². The van der Waals surface area contributed by atoms with E-state index in [9.17, 15) is 9.90 Å². The van der Waals surface area contributed by atoms with Crippen LogP contribution < -0.4 is 40.4 Å². The number of aromatic nitrogens is 3. The molecule has 0 fully saturated rings. The molecule has 2 aromatic rings. The quantitative estimate of drug-likeness (QED) is 0.530. The molecule has 0 atom stereocenters. The van der Waals surface area contributed by atoms with E-state index >= 15 is 0 Å². The first-order valence-corrected chi connectivity index (χ1v) is 4.15. The van der Waals surface area contributed by atoms with Gasteiger partial charge in [-0.15, -0.1) is 0 Å². The minimum absolute atomic E-state index is 0. The summed E-state index contributed by atoms with van der Waals surface area (Å²) < 4.78 is 1.29. The number of hydrogen-bond donors (Lipinski definition) is 1. The van der Waals surface area contributed by atoms with E-state index < -0.39 is 5.97 Å². The summed E-state index contributed by atoms with van der Waals surface area (Å²) in [5, 5.41) is 14.4. The number of pyridine rings is 1. The van der Waals surface area contributed by atoms with Gasteiger partial charge in [-0.25, -0.2) is 4.68 Å². The molecule has 0 aliphatic heterocycles. The summed E-state index contributed by atoms with van der Waals surface area (Å²) >= 11 is 0. The van der Waals surface area contributed by atoms with E-state index in [0.29, 0.717) is 5.69 Å². The van der Waals surface area contributed by atoms with Crippen LogP contribution in [0.1, 0.15) is 10.4 Å². The molecule has 6 nitrogen and oxygen atoms in total. The van der Waals surface area contributed by atoms with Gasteiger partial charge in [-0.3, -0.25) is 4.98 Å². The first-order chi connectivity index (χ1) is 7.20. The van der Waals surface area contributed by atoms with Gasteiger partial charge < -0.3 is 15.6 Å². The van der Waals surface area contributed by atoms with Gasteiger partial charge in [-0.2, -0.15) is 5.10 Å². The molecule has 0 aromatic carbocycles. The van der Waals surface area contributed by atoms with E-state index in [2.05, 4.69) is 10.1 Å². The number of carboxylic acid groups (broad SMARTS) is 1. The summed E-state index contributed by atoms with van der Waals surface area (Å²) in [6.45, 7) is 0. The van der Waals surface area contributed by atoms with Crippen LogP contribution in [0.15, 0.2) is 30.7 Å². The van der Waals surface area contributed by atoms with E-state index in [1.165, 1.54) is 10.9 Å². The molecule has 0 bridgehead atoms. The Morgan fingerprint density at radius 2 is 2.19 bits per heavy atom. The molecule has 16 heavy (non-hydrogen) atoms. The van der Waals surface area contributed by atoms with Gasteiger partial charge in [0.1, 0.15) is 5.82 Å². The minimum Gasteiger partial charge on any atom is -0.545 e. The zero-order chi connectivity index (χ0) is 10.8. The summed E-state index contributed by atoms with van der Waals surface area (Å²) in [6.07, 6.45) is 4.28. The van der Waals surface area contributed by atoms with Crippen LogP contribution >= 0.6 is 0 Å². The number of carbonyl (C=O) groups is 1. The normalized spacial score (nSPS) is 9.50. The van der Waals surface area contributed by atoms with Crippen molar-refractivity contribution in [3.05, 3.63) is 36.3 Å². The van der Waals surface area contributed by atoms with Gasteiger partial charge in [0.15, 0.2) is 0 Å². The Balaban J connectivity index is 0.00000128. The maximum Gasteiger partial charge on any atom is 1.00 e. The van der Waals surface area contributed by atoms with Crippen LogP contribution in [0, 0.1) is 0 Å². The van der Waals surface area contributed by atoms with Gasteiger partial charge in [0, 0.05) is 6.20 Å². The van der Waals surface area contributed by atoms with Crippen LogP contribution in [-0.4, -0.2) is 20.7 Å². The number of rotatable bonds is 2. The Kier molecular flexibility index (Phi) is 4.05. The number of carbonyl (C=O) groups excluding carboxylic acids is 1. The Morgan fingerprint density at radius 1 is 1.44 bits per heavy atom. The molecule has 2 N–H and O–H groups in total. The minimum atomic E-state index is -1.34. The van der Waals surface area contributed by atoms with Crippen LogP contribution in [0.3, 0.4) is 0 Å². The molecule has 2 rings (SSSR count). The van der Waals surface area contributed by atoms with Crippen molar-refractivity contribution in [3.63, 3.8) is 0 Å². The molecule has 76 valence electrons. The number of aromatic carboxylic acids is 1. The second kappa shape index (κ2) is 5.11. The zero-order valence-corrected chi connectivity index (χ0v) is 10.6.